The fourth-order valence-corrected chi connectivity index (χ4v) is 3.45. The molecule has 1 nitrogen and oxygen atoms in total. The van der Waals surface area contributed by atoms with Gasteiger partial charge in [-0.3, -0.25) is 0 Å². The summed E-state index contributed by atoms with van der Waals surface area (Å²) >= 11 is 5.23. The second-order valence-electron chi connectivity index (χ2n) is 4.18. The highest BCUT2D eigenvalue weighted by atomic mass is 79.9. The Morgan fingerprint density at radius 1 is 1.29 bits per heavy atom. The van der Waals surface area contributed by atoms with Crippen molar-refractivity contribution in [3.8, 4) is 6.07 Å². The number of nitrogens with zero attached hydrogens (tertiary/aromatic N) is 1. The van der Waals surface area contributed by atoms with Gasteiger partial charge in [-0.25, -0.2) is 0 Å². The van der Waals surface area contributed by atoms with Gasteiger partial charge < -0.3 is 0 Å². The molecule has 86 valence electrons. The summed E-state index contributed by atoms with van der Waals surface area (Å²) in [5.41, 5.74) is 0.571. The lowest BCUT2D eigenvalue weighted by atomic mass is 9.80. The molecular weight excluding hydrogens is 294 g/mol. The molecule has 0 amide bonds. The van der Waals surface area contributed by atoms with E-state index < -0.39 is 5.41 Å². The van der Waals surface area contributed by atoms with Gasteiger partial charge in [-0.05, 0) is 30.0 Å². The molecule has 1 aromatic heterocycles. The lowest BCUT2D eigenvalue weighted by Crippen LogP contribution is -2.22. The third-order valence-corrected chi connectivity index (χ3v) is 4.39. The molecule has 3 heteroatoms. The van der Waals surface area contributed by atoms with E-state index in [1.54, 1.807) is 11.3 Å². The van der Waals surface area contributed by atoms with Gasteiger partial charge in [0.25, 0.3) is 0 Å². The Morgan fingerprint density at radius 2 is 2.06 bits per heavy atom. The van der Waals surface area contributed by atoms with Crippen LogP contribution in [0.4, 0.5) is 0 Å². The quantitative estimate of drug-likeness (QED) is 0.817. The smallest absolute Gasteiger partial charge is 0.0853 e. The highest BCUT2D eigenvalue weighted by Crippen LogP contribution is 2.33. The number of hydrogen-bond acceptors (Lipinski definition) is 2. The van der Waals surface area contributed by atoms with Crippen LogP contribution in [0.15, 0.2) is 46.3 Å². The van der Waals surface area contributed by atoms with E-state index in [4.69, 9.17) is 0 Å². The fourth-order valence-electron chi connectivity index (χ4n) is 1.87. The van der Waals surface area contributed by atoms with Gasteiger partial charge in [0.2, 0.25) is 0 Å². The van der Waals surface area contributed by atoms with E-state index in [0.717, 1.165) is 16.5 Å². The Morgan fingerprint density at radius 3 is 2.65 bits per heavy atom. The molecule has 0 saturated carbocycles. The lowest BCUT2D eigenvalue weighted by molar-refractivity contribution is 0.609. The zero-order chi connectivity index (χ0) is 12.3. The van der Waals surface area contributed by atoms with Crippen LogP contribution in [-0.4, -0.2) is 0 Å². The second-order valence-corrected chi connectivity index (χ2v) is 6.07. The third kappa shape index (κ3) is 2.59. The molecule has 2 rings (SSSR count). The normalized spacial score (nSPS) is 13.9. The van der Waals surface area contributed by atoms with E-state index in [0.29, 0.717) is 0 Å². The molecule has 1 heterocycles. The van der Waals surface area contributed by atoms with Gasteiger partial charge in [0, 0.05) is 15.8 Å². The molecular formula is C14H12BrNS. The minimum Gasteiger partial charge on any atom is -0.197 e. The topological polar surface area (TPSA) is 23.8 Å². The Hall–Kier alpha value is -1.11. The molecule has 0 aliphatic heterocycles. The number of nitriles is 1. The molecule has 1 unspecified atom stereocenters. The summed E-state index contributed by atoms with van der Waals surface area (Å²) in [7, 11) is 0. The molecule has 0 aliphatic rings. The standard InChI is InChI=1S/C14H12BrNS/c1-14(10-16,9-11-5-4-8-17-11)12-6-2-3-7-13(12)15/h2-8H,9H2,1H3. The number of rotatable bonds is 3. The van der Waals surface area contributed by atoms with Crippen LogP contribution < -0.4 is 0 Å². The van der Waals surface area contributed by atoms with Gasteiger partial charge in [0.05, 0.1) is 11.5 Å². The predicted octanol–water partition coefficient (Wildman–Crippen LogP) is 4.53. The number of halogens is 1. The van der Waals surface area contributed by atoms with Crippen LogP contribution in [0.3, 0.4) is 0 Å². The lowest BCUT2D eigenvalue weighted by Gasteiger charge is -2.22. The predicted molar refractivity (Wildman–Crippen MR) is 75.1 cm³/mol. The van der Waals surface area contributed by atoms with Crippen molar-refractivity contribution in [2.24, 2.45) is 0 Å². The zero-order valence-corrected chi connectivity index (χ0v) is 11.9. The molecule has 0 saturated heterocycles. The second kappa shape index (κ2) is 5.03. The summed E-state index contributed by atoms with van der Waals surface area (Å²) in [5, 5.41) is 11.5. The van der Waals surface area contributed by atoms with Crippen LogP contribution >= 0.6 is 27.3 Å². The van der Waals surface area contributed by atoms with Gasteiger partial charge >= 0.3 is 0 Å². The largest absolute Gasteiger partial charge is 0.197 e. The van der Waals surface area contributed by atoms with E-state index in [-0.39, 0.29) is 0 Å². The molecule has 17 heavy (non-hydrogen) atoms. The van der Waals surface area contributed by atoms with Crippen molar-refractivity contribution < 1.29 is 0 Å². The van der Waals surface area contributed by atoms with Crippen molar-refractivity contribution in [3.63, 3.8) is 0 Å². The highest BCUT2D eigenvalue weighted by Gasteiger charge is 2.29. The fraction of sp³-hybridized carbons (Fsp3) is 0.214. The minimum atomic E-state index is -0.481. The van der Waals surface area contributed by atoms with Gasteiger partial charge in [-0.1, -0.05) is 40.2 Å². The minimum absolute atomic E-state index is 0.481. The monoisotopic (exact) mass is 305 g/mol. The number of benzene rings is 1. The van der Waals surface area contributed by atoms with E-state index in [2.05, 4.69) is 28.1 Å². The first-order chi connectivity index (χ1) is 8.15. The maximum atomic E-state index is 9.50. The summed E-state index contributed by atoms with van der Waals surface area (Å²) in [6, 6.07) is 14.5. The van der Waals surface area contributed by atoms with Gasteiger partial charge in [0.1, 0.15) is 0 Å². The SMILES string of the molecule is CC(C#N)(Cc1cccs1)c1ccccc1Br. The Balaban J connectivity index is 2.39. The molecule has 0 spiro atoms. The van der Waals surface area contributed by atoms with Crippen molar-refractivity contribution in [1.82, 2.24) is 0 Å². The first kappa shape index (κ1) is 12.3. The number of hydrogen-bond donors (Lipinski definition) is 0. The van der Waals surface area contributed by atoms with Gasteiger partial charge in [0.15, 0.2) is 0 Å². The maximum absolute atomic E-state index is 9.50. The van der Waals surface area contributed by atoms with Crippen molar-refractivity contribution in [3.05, 3.63) is 56.7 Å². The molecule has 0 aliphatic carbocycles. The maximum Gasteiger partial charge on any atom is 0.0853 e. The van der Waals surface area contributed by atoms with Crippen molar-refractivity contribution in [1.29, 1.82) is 5.26 Å². The van der Waals surface area contributed by atoms with Crippen LogP contribution in [0.5, 0.6) is 0 Å². The summed E-state index contributed by atoms with van der Waals surface area (Å²) < 4.78 is 1.00. The Labute approximate surface area is 114 Å². The molecule has 0 bridgehead atoms. The molecule has 1 aromatic carbocycles. The Kier molecular flexibility index (Phi) is 3.66. The van der Waals surface area contributed by atoms with E-state index in [1.807, 2.05) is 42.6 Å². The molecule has 0 fully saturated rings. The number of thiophene rings is 1. The average Bonchev–Trinajstić information content (AvgIpc) is 2.82. The van der Waals surface area contributed by atoms with E-state index in [9.17, 15) is 5.26 Å². The van der Waals surface area contributed by atoms with Crippen molar-refractivity contribution in [2.45, 2.75) is 18.8 Å². The third-order valence-electron chi connectivity index (χ3n) is 2.82. The molecule has 0 radical (unpaired) electrons. The van der Waals surface area contributed by atoms with Gasteiger partial charge in [-0.2, -0.15) is 5.26 Å². The van der Waals surface area contributed by atoms with E-state index in [1.165, 1.54) is 4.88 Å². The van der Waals surface area contributed by atoms with Crippen molar-refractivity contribution >= 4 is 27.3 Å². The molecule has 0 N–H and O–H groups in total. The van der Waals surface area contributed by atoms with Gasteiger partial charge in [-0.15, -0.1) is 11.3 Å². The van der Waals surface area contributed by atoms with Crippen molar-refractivity contribution in [2.75, 3.05) is 0 Å². The summed E-state index contributed by atoms with van der Waals surface area (Å²) in [6.07, 6.45) is 0.754. The van der Waals surface area contributed by atoms with E-state index >= 15 is 0 Å². The zero-order valence-electron chi connectivity index (χ0n) is 9.48. The van der Waals surface area contributed by atoms with Crippen LogP contribution in [0, 0.1) is 11.3 Å². The molecule has 2 aromatic rings. The average molecular weight is 306 g/mol. The van der Waals surface area contributed by atoms with Crippen LogP contribution in [0.1, 0.15) is 17.4 Å². The van der Waals surface area contributed by atoms with Crippen LogP contribution in [-0.2, 0) is 11.8 Å². The Bertz CT molecular complexity index is 542. The summed E-state index contributed by atoms with van der Waals surface area (Å²) in [6.45, 7) is 1.99. The summed E-state index contributed by atoms with van der Waals surface area (Å²) in [4.78, 5) is 1.24. The first-order valence-corrected chi connectivity index (χ1v) is 7.01. The van der Waals surface area contributed by atoms with Crippen LogP contribution in [0.2, 0.25) is 0 Å². The highest BCUT2D eigenvalue weighted by molar-refractivity contribution is 9.10. The molecule has 1 atom stereocenters. The first-order valence-electron chi connectivity index (χ1n) is 5.34. The summed E-state index contributed by atoms with van der Waals surface area (Å²) in [5.74, 6) is 0. The van der Waals surface area contributed by atoms with Crippen LogP contribution in [0.25, 0.3) is 0 Å².